The van der Waals surface area contributed by atoms with Crippen molar-refractivity contribution in [2.75, 3.05) is 38.3 Å². The van der Waals surface area contributed by atoms with Gasteiger partial charge in [0.15, 0.2) is 0 Å². The Morgan fingerprint density at radius 3 is 2.37 bits per heavy atom. The summed E-state index contributed by atoms with van der Waals surface area (Å²) in [5.41, 5.74) is 4.46. The van der Waals surface area contributed by atoms with E-state index in [9.17, 15) is 18.0 Å². The summed E-state index contributed by atoms with van der Waals surface area (Å²) in [6.07, 6.45) is -4.50. The van der Waals surface area contributed by atoms with Crippen LogP contribution < -0.4 is 10.6 Å². The van der Waals surface area contributed by atoms with E-state index in [4.69, 9.17) is 5.73 Å². The number of likely N-dealkylation sites (N-methyl/N-ethyl adjacent to an activating group) is 2. The summed E-state index contributed by atoms with van der Waals surface area (Å²) in [7, 11) is 4.59. The van der Waals surface area contributed by atoms with Crippen LogP contribution >= 0.6 is 0 Å². The molecule has 0 spiro atoms. The van der Waals surface area contributed by atoms with Gasteiger partial charge in [0.1, 0.15) is 11.6 Å². The molecule has 0 bridgehead atoms. The average Bonchev–Trinajstić information content (AvgIpc) is 2.26. The van der Waals surface area contributed by atoms with Crippen molar-refractivity contribution in [3.05, 3.63) is 17.7 Å². The van der Waals surface area contributed by atoms with Gasteiger partial charge in [-0.25, -0.2) is 4.98 Å². The second-order valence-corrected chi connectivity index (χ2v) is 4.28. The second-order valence-electron chi connectivity index (χ2n) is 4.28. The largest absolute Gasteiger partial charge is 0.416 e. The minimum atomic E-state index is -4.50. The van der Waals surface area contributed by atoms with E-state index in [1.54, 1.807) is 14.1 Å². The molecule has 0 aromatic carbocycles. The van der Waals surface area contributed by atoms with Crippen LogP contribution in [-0.4, -0.2) is 43.5 Å². The number of carbonyl (C=O) groups is 1. The van der Waals surface area contributed by atoms with Crippen LogP contribution in [0.4, 0.5) is 24.8 Å². The number of nitrogen functional groups attached to an aromatic ring is 1. The Balaban J connectivity index is 3.01. The molecule has 0 saturated heterocycles. The molecule has 0 aliphatic rings. The number of nitrogens with zero attached hydrogens (tertiary/aromatic N) is 3. The van der Waals surface area contributed by atoms with Gasteiger partial charge >= 0.3 is 6.18 Å². The highest BCUT2D eigenvalue weighted by molar-refractivity contribution is 5.80. The van der Waals surface area contributed by atoms with Crippen molar-refractivity contribution in [3.63, 3.8) is 0 Å². The third-order valence-corrected chi connectivity index (χ3v) is 2.42. The van der Waals surface area contributed by atoms with Gasteiger partial charge < -0.3 is 15.5 Å². The minimum Gasteiger partial charge on any atom is -0.384 e. The van der Waals surface area contributed by atoms with Crippen LogP contribution in [0.5, 0.6) is 0 Å². The molecule has 0 aliphatic carbocycles. The first-order valence-electron chi connectivity index (χ1n) is 5.37. The van der Waals surface area contributed by atoms with Crippen molar-refractivity contribution in [1.82, 2.24) is 9.88 Å². The maximum Gasteiger partial charge on any atom is 0.416 e. The number of amides is 1. The monoisotopic (exact) mass is 276 g/mol. The van der Waals surface area contributed by atoms with Gasteiger partial charge in [0.2, 0.25) is 5.91 Å². The van der Waals surface area contributed by atoms with E-state index < -0.39 is 11.7 Å². The average molecular weight is 276 g/mol. The maximum absolute atomic E-state index is 12.6. The highest BCUT2D eigenvalue weighted by atomic mass is 19.4. The van der Waals surface area contributed by atoms with Crippen LogP contribution in [0.1, 0.15) is 5.56 Å². The summed E-state index contributed by atoms with van der Waals surface area (Å²) in [5, 5.41) is 0. The zero-order chi connectivity index (χ0) is 14.8. The molecule has 1 aromatic heterocycles. The molecule has 106 valence electrons. The molecule has 0 radical (unpaired) electrons. The normalized spacial score (nSPS) is 11.3. The number of halogens is 3. The van der Waals surface area contributed by atoms with Crippen LogP contribution in [0.15, 0.2) is 12.1 Å². The lowest BCUT2D eigenvalue weighted by Gasteiger charge is -2.21. The van der Waals surface area contributed by atoms with Gasteiger partial charge in [0.25, 0.3) is 0 Å². The SMILES string of the molecule is CN(C)C(=O)CN(C)c1cc(C(F)(F)F)cc(N)n1. The number of hydrogen-bond acceptors (Lipinski definition) is 4. The van der Waals surface area contributed by atoms with E-state index in [-0.39, 0.29) is 24.1 Å². The predicted octanol–water partition coefficient (Wildman–Crippen LogP) is 1.21. The van der Waals surface area contributed by atoms with Gasteiger partial charge in [-0.05, 0) is 12.1 Å². The molecule has 2 N–H and O–H groups in total. The van der Waals surface area contributed by atoms with Crippen molar-refractivity contribution >= 4 is 17.5 Å². The number of pyridine rings is 1. The van der Waals surface area contributed by atoms with Gasteiger partial charge in [-0.15, -0.1) is 0 Å². The zero-order valence-electron chi connectivity index (χ0n) is 10.8. The summed E-state index contributed by atoms with van der Waals surface area (Å²) < 4.78 is 37.9. The number of rotatable bonds is 3. The van der Waals surface area contributed by atoms with Gasteiger partial charge in [-0.2, -0.15) is 13.2 Å². The fourth-order valence-corrected chi connectivity index (χ4v) is 1.32. The molecule has 1 heterocycles. The first-order valence-corrected chi connectivity index (χ1v) is 5.37. The molecule has 1 rings (SSSR count). The van der Waals surface area contributed by atoms with Crippen molar-refractivity contribution in [2.24, 2.45) is 0 Å². The number of aromatic nitrogens is 1. The summed E-state index contributed by atoms with van der Waals surface area (Å²) in [5.74, 6) is -0.489. The summed E-state index contributed by atoms with van der Waals surface area (Å²) in [6.45, 7) is -0.0826. The van der Waals surface area contributed by atoms with Gasteiger partial charge in [0, 0.05) is 21.1 Å². The highest BCUT2D eigenvalue weighted by Crippen LogP contribution is 2.32. The van der Waals surface area contributed by atoms with E-state index in [1.807, 2.05) is 0 Å². The summed E-state index contributed by atoms with van der Waals surface area (Å²) in [4.78, 5) is 17.9. The van der Waals surface area contributed by atoms with Crippen LogP contribution in [0, 0.1) is 0 Å². The lowest BCUT2D eigenvalue weighted by Crippen LogP contribution is -2.34. The number of hydrogen-bond donors (Lipinski definition) is 1. The van der Waals surface area contributed by atoms with Gasteiger partial charge in [-0.1, -0.05) is 0 Å². The Hall–Kier alpha value is -1.99. The fraction of sp³-hybridized carbons (Fsp3) is 0.455. The molecule has 8 heteroatoms. The number of carbonyl (C=O) groups excluding carboxylic acids is 1. The molecule has 0 saturated carbocycles. The Kier molecular flexibility index (Phi) is 4.23. The third kappa shape index (κ3) is 4.01. The molecular weight excluding hydrogens is 261 g/mol. The van der Waals surface area contributed by atoms with Gasteiger partial charge in [-0.3, -0.25) is 4.79 Å². The lowest BCUT2D eigenvalue weighted by atomic mass is 10.2. The molecule has 0 aliphatic heterocycles. The highest BCUT2D eigenvalue weighted by Gasteiger charge is 2.31. The first-order chi connectivity index (χ1) is 8.61. The summed E-state index contributed by atoms with van der Waals surface area (Å²) in [6, 6.07) is 1.62. The van der Waals surface area contributed by atoms with Crippen LogP contribution in [0.2, 0.25) is 0 Å². The quantitative estimate of drug-likeness (QED) is 0.901. The lowest BCUT2D eigenvalue weighted by molar-refractivity contribution is -0.137. The van der Waals surface area contributed by atoms with Crippen molar-refractivity contribution < 1.29 is 18.0 Å². The van der Waals surface area contributed by atoms with E-state index >= 15 is 0 Å². The van der Waals surface area contributed by atoms with E-state index in [2.05, 4.69) is 4.98 Å². The molecule has 0 unspecified atom stereocenters. The fourth-order valence-electron chi connectivity index (χ4n) is 1.32. The van der Waals surface area contributed by atoms with Crippen LogP contribution in [0.3, 0.4) is 0 Å². The second kappa shape index (κ2) is 5.33. The molecule has 5 nitrogen and oxygen atoms in total. The third-order valence-electron chi connectivity index (χ3n) is 2.42. The zero-order valence-corrected chi connectivity index (χ0v) is 10.8. The Morgan fingerprint density at radius 1 is 1.32 bits per heavy atom. The van der Waals surface area contributed by atoms with E-state index in [0.29, 0.717) is 0 Å². The van der Waals surface area contributed by atoms with Crippen molar-refractivity contribution in [2.45, 2.75) is 6.18 Å². The van der Waals surface area contributed by atoms with Gasteiger partial charge in [0.05, 0.1) is 12.1 Å². The Labute approximate surface area is 108 Å². The smallest absolute Gasteiger partial charge is 0.384 e. The molecule has 19 heavy (non-hydrogen) atoms. The van der Waals surface area contributed by atoms with E-state index in [0.717, 1.165) is 12.1 Å². The number of nitrogens with two attached hydrogens (primary N) is 1. The standard InChI is InChI=1S/C11H15F3N4O/c1-17(2)10(19)6-18(3)9-5-7(11(12,13)14)4-8(15)16-9/h4-5H,6H2,1-3H3,(H2,15,16). The summed E-state index contributed by atoms with van der Waals surface area (Å²) >= 11 is 0. The number of anilines is 2. The molecular formula is C11H15F3N4O. The van der Waals surface area contributed by atoms with Crippen LogP contribution in [-0.2, 0) is 11.0 Å². The molecule has 0 fully saturated rings. The Bertz CT molecular complexity index is 473. The molecule has 1 amide bonds. The minimum absolute atomic E-state index is 0.00234. The van der Waals surface area contributed by atoms with Crippen LogP contribution in [0.25, 0.3) is 0 Å². The molecule has 0 atom stereocenters. The van der Waals surface area contributed by atoms with E-state index in [1.165, 1.54) is 16.8 Å². The first kappa shape index (κ1) is 15.1. The Morgan fingerprint density at radius 2 is 1.89 bits per heavy atom. The van der Waals surface area contributed by atoms with Crippen molar-refractivity contribution in [3.8, 4) is 0 Å². The number of alkyl halides is 3. The predicted molar refractivity (Wildman–Crippen MR) is 65.6 cm³/mol. The maximum atomic E-state index is 12.6. The topological polar surface area (TPSA) is 62.5 Å². The van der Waals surface area contributed by atoms with Crippen molar-refractivity contribution in [1.29, 1.82) is 0 Å². The molecule has 1 aromatic rings.